The van der Waals surface area contributed by atoms with E-state index in [9.17, 15) is 13.2 Å². The Bertz CT molecular complexity index is 973. The number of hydrogen-bond acceptors (Lipinski definition) is 4. The van der Waals surface area contributed by atoms with Crippen LogP contribution in [0.25, 0.3) is 0 Å². The molecule has 1 aromatic heterocycles. The Balaban J connectivity index is 1.57. The van der Waals surface area contributed by atoms with E-state index in [1.54, 1.807) is 10.9 Å². The van der Waals surface area contributed by atoms with Crippen LogP contribution in [0.2, 0.25) is 0 Å². The maximum Gasteiger partial charge on any atom is 0.240 e. The number of nitrogens with one attached hydrogen (secondary N) is 1. The smallest absolute Gasteiger partial charge is 0.240 e. The van der Waals surface area contributed by atoms with Crippen LogP contribution in [0.15, 0.2) is 23.4 Å². The zero-order chi connectivity index (χ0) is 19.2. The molecular formula is C20H25N3O3S. The molecule has 27 heavy (non-hydrogen) atoms. The summed E-state index contributed by atoms with van der Waals surface area (Å²) >= 11 is 0. The van der Waals surface area contributed by atoms with Gasteiger partial charge in [-0.15, -0.1) is 0 Å². The number of aryl methyl sites for hydroxylation is 2. The minimum absolute atomic E-state index is 0.0464. The number of carbonyl (C=O) groups excluding carboxylic acids is 1. The van der Waals surface area contributed by atoms with Crippen LogP contribution in [0.5, 0.6) is 0 Å². The van der Waals surface area contributed by atoms with Crippen LogP contribution in [0, 0.1) is 0 Å². The van der Waals surface area contributed by atoms with E-state index in [0.29, 0.717) is 0 Å². The van der Waals surface area contributed by atoms with Crippen molar-refractivity contribution in [1.29, 1.82) is 0 Å². The second kappa shape index (κ2) is 6.78. The molecule has 0 spiro atoms. The minimum Gasteiger partial charge on any atom is -0.325 e. The normalized spacial score (nSPS) is 15.8. The van der Waals surface area contributed by atoms with Gasteiger partial charge < -0.3 is 5.32 Å². The molecule has 2 aliphatic rings. The minimum atomic E-state index is -3.76. The highest BCUT2D eigenvalue weighted by atomic mass is 32.2. The molecule has 0 saturated carbocycles. The first kappa shape index (κ1) is 18.2. The van der Waals surface area contributed by atoms with E-state index in [4.69, 9.17) is 0 Å². The summed E-state index contributed by atoms with van der Waals surface area (Å²) in [6.45, 7) is 3.85. The molecule has 144 valence electrons. The fourth-order valence-corrected chi connectivity index (χ4v) is 5.22. The summed E-state index contributed by atoms with van der Waals surface area (Å²) in [6.07, 6.45) is 7.78. The molecule has 1 aromatic carbocycles. The van der Waals surface area contributed by atoms with Crippen LogP contribution in [0.3, 0.4) is 0 Å². The van der Waals surface area contributed by atoms with Gasteiger partial charge in [0, 0.05) is 17.9 Å². The third-order valence-electron chi connectivity index (χ3n) is 5.49. The number of nitrogens with zero attached hydrogens (tertiary/aromatic N) is 2. The molecule has 0 saturated heterocycles. The molecule has 1 amide bonds. The van der Waals surface area contributed by atoms with Gasteiger partial charge in [0.2, 0.25) is 15.7 Å². The summed E-state index contributed by atoms with van der Waals surface area (Å²) in [6, 6.07) is 3.81. The largest absolute Gasteiger partial charge is 0.325 e. The van der Waals surface area contributed by atoms with E-state index in [2.05, 4.69) is 16.5 Å². The summed E-state index contributed by atoms with van der Waals surface area (Å²) in [5.41, 5.74) is 5.90. The van der Waals surface area contributed by atoms with Crippen molar-refractivity contribution in [1.82, 2.24) is 9.78 Å². The fourth-order valence-electron chi connectivity index (χ4n) is 4.16. The SMILES string of the molecule is CC(C)n1ccc(S(=O)(=O)CC(=O)Nc2c3c(cc4c2CCC4)CCC3)n1. The highest BCUT2D eigenvalue weighted by Crippen LogP contribution is 2.38. The Kier molecular flexibility index (Phi) is 4.58. The number of sulfone groups is 1. The van der Waals surface area contributed by atoms with Crippen LogP contribution < -0.4 is 5.32 Å². The lowest BCUT2D eigenvalue weighted by Crippen LogP contribution is -2.24. The molecule has 0 aliphatic heterocycles. The van der Waals surface area contributed by atoms with Gasteiger partial charge in [0.05, 0.1) is 0 Å². The van der Waals surface area contributed by atoms with Crippen molar-refractivity contribution >= 4 is 21.4 Å². The molecule has 0 atom stereocenters. The average molecular weight is 388 g/mol. The molecule has 1 N–H and O–H groups in total. The molecule has 4 rings (SSSR count). The van der Waals surface area contributed by atoms with Gasteiger partial charge in [0.1, 0.15) is 5.75 Å². The summed E-state index contributed by atoms with van der Waals surface area (Å²) in [4.78, 5) is 12.6. The molecule has 0 bridgehead atoms. The molecule has 0 radical (unpaired) electrons. The van der Waals surface area contributed by atoms with Gasteiger partial charge in [-0.2, -0.15) is 5.10 Å². The Morgan fingerprint density at radius 3 is 2.33 bits per heavy atom. The van der Waals surface area contributed by atoms with E-state index in [-0.39, 0.29) is 11.1 Å². The zero-order valence-electron chi connectivity index (χ0n) is 15.8. The lowest BCUT2D eigenvalue weighted by molar-refractivity contribution is -0.113. The van der Waals surface area contributed by atoms with E-state index in [0.717, 1.165) is 44.2 Å². The van der Waals surface area contributed by atoms with Crippen LogP contribution in [0.1, 0.15) is 55.0 Å². The Hall–Kier alpha value is -2.15. The maximum atomic E-state index is 12.6. The van der Waals surface area contributed by atoms with Gasteiger partial charge in [-0.25, -0.2) is 8.42 Å². The van der Waals surface area contributed by atoms with Crippen molar-refractivity contribution in [2.45, 2.75) is 63.4 Å². The first-order valence-corrected chi connectivity index (χ1v) is 11.2. The number of aromatic nitrogens is 2. The number of carbonyl (C=O) groups is 1. The van der Waals surface area contributed by atoms with E-state index in [1.807, 2.05) is 13.8 Å². The van der Waals surface area contributed by atoms with Crippen molar-refractivity contribution in [3.05, 3.63) is 40.6 Å². The molecule has 0 fully saturated rings. The van der Waals surface area contributed by atoms with Crippen molar-refractivity contribution in [2.75, 3.05) is 11.1 Å². The molecule has 7 heteroatoms. The van der Waals surface area contributed by atoms with Gasteiger partial charge in [-0.3, -0.25) is 9.48 Å². The first-order valence-electron chi connectivity index (χ1n) is 9.59. The van der Waals surface area contributed by atoms with Gasteiger partial charge >= 0.3 is 0 Å². The number of fused-ring (bicyclic) bond motifs is 2. The number of amides is 1. The van der Waals surface area contributed by atoms with Crippen LogP contribution >= 0.6 is 0 Å². The van der Waals surface area contributed by atoms with Crippen molar-refractivity contribution in [2.24, 2.45) is 0 Å². The number of benzene rings is 1. The maximum absolute atomic E-state index is 12.6. The quantitative estimate of drug-likeness (QED) is 0.855. The standard InChI is InChI=1S/C20H25N3O3S/c1-13(2)23-10-9-19(22-23)27(25,26)12-18(24)21-20-16-7-3-5-14(16)11-15-6-4-8-17(15)20/h9-11,13H,3-8,12H2,1-2H3,(H,21,24). The van der Waals surface area contributed by atoms with Crippen LogP contribution in [-0.4, -0.2) is 29.9 Å². The monoisotopic (exact) mass is 387 g/mol. The first-order chi connectivity index (χ1) is 12.8. The number of hydrogen-bond donors (Lipinski definition) is 1. The predicted octanol–water partition coefficient (Wildman–Crippen LogP) is 2.85. The van der Waals surface area contributed by atoms with Crippen molar-refractivity contribution in [3.63, 3.8) is 0 Å². The molecular weight excluding hydrogens is 362 g/mol. The lowest BCUT2D eigenvalue weighted by atomic mass is 9.98. The zero-order valence-corrected chi connectivity index (χ0v) is 16.6. The van der Waals surface area contributed by atoms with E-state index < -0.39 is 21.5 Å². The van der Waals surface area contributed by atoms with Crippen LogP contribution in [0.4, 0.5) is 5.69 Å². The van der Waals surface area contributed by atoms with E-state index >= 15 is 0 Å². The molecule has 0 unspecified atom stereocenters. The molecule has 6 nitrogen and oxygen atoms in total. The summed E-state index contributed by atoms with van der Waals surface area (Å²) in [5, 5.41) is 7.00. The molecule has 1 heterocycles. The molecule has 2 aliphatic carbocycles. The Morgan fingerprint density at radius 1 is 1.15 bits per heavy atom. The fraction of sp³-hybridized carbons (Fsp3) is 0.500. The third kappa shape index (κ3) is 3.40. The van der Waals surface area contributed by atoms with Gasteiger partial charge in [0.15, 0.2) is 5.03 Å². The van der Waals surface area contributed by atoms with Crippen LogP contribution in [-0.2, 0) is 40.3 Å². The highest BCUT2D eigenvalue weighted by molar-refractivity contribution is 7.92. The highest BCUT2D eigenvalue weighted by Gasteiger charge is 2.27. The number of anilines is 1. The van der Waals surface area contributed by atoms with E-state index in [1.165, 1.54) is 28.3 Å². The van der Waals surface area contributed by atoms with Gasteiger partial charge in [-0.05, 0) is 80.7 Å². The predicted molar refractivity (Wildman–Crippen MR) is 104 cm³/mol. The summed E-state index contributed by atoms with van der Waals surface area (Å²) in [5.74, 6) is -1.07. The molecule has 2 aromatic rings. The lowest BCUT2D eigenvalue weighted by Gasteiger charge is -2.16. The van der Waals surface area contributed by atoms with Gasteiger partial charge in [0.25, 0.3) is 0 Å². The number of rotatable bonds is 5. The summed E-state index contributed by atoms with van der Waals surface area (Å²) < 4.78 is 26.8. The van der Waals surface area contributed by atoms with Crippen molar-refractivity contribution < 1.29 is 13.2 Å². The van der Waals surface area contributed by atoms with Gasteiger partial charge in [-0.1, -0.05) is 6.07 Å². The Morgan fingerprint density at radius 2 is 1.78 bits per heavy atom. The summed E-state index contributed by atoms with van der Waals surface area (Å²) in [7, 11) is -3.76. The second-order valence-electron chi connectivity index (χ2n) is 7.77. The third-order valence-corrected chi connectivity index (χ3v) is 6.99. The Labute approximate surface area is 159 Å². The average Bonchev–Trinajstić information content (AvgIpc) is 3.34. The van der Waals surface area contributed by atoms with Crippen molar-refractivity contribution in [3.8, 4) is 0 Å². The second-order valence-corrected chi connectivity index (χ2v) is 9.71. The topological polar surface area (TPSA) is 81.1 Å².